The Bertz CT molecular complexity index is 6280. The molecule has 0 unspecified atom stereocenters. The van der Waals surface area contributed by atoms with Gasteiger partial charge in [-0.05, 0) is 239 Å². The Hall–Kier alpha value is -13.3. The van der Waals surface area contributed by atoms with Crippen LogP contribution in [0.25, 0.3) is 144 Å². The van der Waals surface area contributed by atoms with Gasteiger partial charge in [0.25, 0.3) is 0 Å². The second-order valence-electron chi connectivity index (χ2n) is 27.6. The van der Waals surface area contributed by atoms with Crippen LogP contribution in [-0.2, 0) is 5.41 Å². The van der Waals surface area contributed by atoms with Gasteiger partial charge in [0.2, 0.25) is 0 Å². The van der Waals surface area contributed by atoms with Crippen molar-refractivity contribution in [3.8, 4) is 100 Å². The molecule has 16 aromatic carbocycles. The van der Waals surface area contributed by atoms with Gasteiger partial charge < -0.3 is 18.6 Å². The summed E-state index contributed by atoms with van der Waals surface area (Å²) >= 11 is 0. The standard InChI is InChI=1S/C99H68N2O2/c1-99(2)93-62-72(44-51-87(93)88-53-50-82(64-94(88)99)100(77-31-10-5-11-32-77)79-33-19-27-69(57-79)65-22-6-3-7-23-65)71-47-55-97-92(61-71)91-60-70(46-54-96(91)102-97)68-26-18-28-74(56-68)84-37-14-15-39-86(84)76-30-21-35-81(59-76)101(80-34-20-29-75(58-80)85-38-13-12-36-83(85)67-24-8-4-9-25-67)78-48-42-66(43-49-78)73-45-52-90-89-40-16-17-41-95(89)103-98(90)63-73/h3-64H,1-2H3. The van der Waals surface area contributed by atoms with Crippen LogP contribution in [0.2, 0.25) is 0 Å². The van der Waals surface area contributed by atoms with Crippen molar-refractivity contribution in [2.45, 2.75) is 19.3 Å². The topological polar surface area (TPSA) is 32.8 Å². The predicted octanol–water partition coefficient (Wildman–Crippen LogP) is 28.1. The molecule has 0 N–H and O–H groups in total. The zero-order valence-corrected chi connectivity index (χ0v) is 57.0. The van der Waals surface area contributed by atoms with Gasteiger partial charge in [-0.25, -0.2) is 0 Å². The average molecular weight is 1320 g/mol. The fourth-order valence-electron chi connectivity index (χ4n) is 15.9. The van der Waals surface area contributed by atoms with Crippen LogP contribution in [0, 0.1) is 0 Å². The molecule has 0 atom stereocenters. The minimum Gasteiger partial charge on any atom is -0.456 e. The summed E-state index contributed by atoms with van der Waals surface area (Å²) in [5.74, 6) is 0. The Labute approximate surface area is 599 Å². The molecule has 1 aliphatic rings. The molecular formula is C99H68N2O2. The SMILES string of the molecule is CC1(C)c2cc(-c3ccc4oc5ccc(-c6cccc(-c7ccccc7-c7cccc(N(c8ccc(-c9ccc%10c(c9)oc9ccccc9%10)cc8)c8cccc(-c9ccccc9-c9ccccc9)c8)c7)c6)cc5c4c3)ccc2-c2ccc(N(c3ccccc3)c3cccc(-c4ccccc4)c3)cc21. The summed E-state index contributed by atoms with van der Waals surface area (Å²) in [5, 5.41) is 4.43. The van der Waals surface area contributed by atoms with Gasteiger partial charge in [-0.1, -0.05) is 263 Å². The van der Waals surface area contributed by atoms with Gasteiger partial charge in [0, 0.05) is 61.1 Å². The molecule has 0 spiro atoms. The van der Waals surface area contributed by atoms with E-state index in [0.717, 1.165) is 134 Å². The average Bonchev–Trinajstić information content (AvgIpc) is 1.59. The van der Waals surface area contributed by atoms with Crippen LogP contribution in [0.5, 0.6) is 0 Å². The van der Waals surface area contributed by atoms with Crippen molar-refractivity contribution in [1.82, 2.24) is 0 Å². The van der Waals surface area contributed by atoms with E-state index in [1.165, 1.54) is 55.6 Å². The molecule has 0 saturated carbocycles. The zero-order valence-electron chi connectivity index (χ0n) is 57.0. The van der Waals surface area contributed by atoms with Crippen molar-refractivity contribution < 1.29 is 8.83 Å². The van der Waals surface area contributed by atoms with Gasteiger partial charge in [0.05, 0.1) is 0 Å². The van der Waals surface area contributed by atoms with Gasteiger partial charge in [-0.15, -0.1) is 0 Å². The number of rotatable bonds is 14. The van der Waals surface area contributed by atoms with Gasteiger partial charge in [0.15, 0.2) is 0 Å². The summed E-state index contributed by atoms with van der Waals surface area (Å²) in [6, 6.07) is 137. The Morgan fingerprint density at radius 3 is 1.14 bits per heavy atom. The lowest BCUT2D eigenvalue weighted by Gasteiger charge is -2.28. The predicted molar refractivity (Wildman–Crippen MR) is 431 cm³/mol. The van der Waals surface area contributed by atoms with Gasteiger partial charge >= 0.3 is 0 Å². The van der Waals surface area contributed by atoms with Crippen LogP contribution < -0.4 is 9.80 Å². The van der Waals surface area contributed by atoms with Crippen molar-refractivity contribution in [3.63, 3.8) is 0 Å². The Morgan fingerprint density at radius 2 is 0.524 bits per heavy atom. The quantitative estimate of drug-likeness (QED) is 0.109. The van der Waals surface area contributed by atoms with E-state index in [0.29, 0.717) is 0 Å². The normalized spacial score (nSPS) is 12.3. The van der Waals surface area contributed by atoms with E-state index in [4.69, 9.17) is 8.83 Å². The molecule has 0 radical (unpaired) electrons. The molecule has 4 nitrogen and oxygen atoms in total. The molecule has 0 amide bonds. The van der Waals surface area contributed by atoms with E-state index < -0.39 is 0 Å². The van der Waals surface area contributed by atoms with Crippen molar-refractivity contribution >= 4 is 78.0 Å². The van der Waals surface area contributed by atoms with E-state index in [1.807, 2.05) is 12.1 Å². The molecule has 2 heterocycles. The minimum absolute atomic E-state index is 0.263. The summed E-state index contributed by atoms with van der Waals surface area (Å²) in [4.78, 5) is 4.78. The van der Waals surface area contributed by atoms with Gasteiger partial charge in [-0.3, -0.25) is 0 Å². The maximum atomic E-state index is 6.63. The molecule has 18 aromatic rings. The van der Waals surface area contributed by atoms with Crippen molar-refractivity contribution in [3.05, 3.63) is 387 Å². The molecule has 0 bridgehead atoms. The molecule has 486 valence electrons. The Morgan fingerprint density at radius 1 is 0.184 bits per heavy atom. The number of furan rings is 2. The van der Waals surface area contributed by atoms with E-state index in [-0.39, 0.29) is 5.41 Å². The summed E-state index contributed by atoms with van der Waals surface area (Å²) in [5.41, 5.74) is 33.4. The molecule has 4 heteroatoms. The van der Waals surface area contributed by atoms with Crippen LogP contribution in [0.3, 0.4) is 0 Å². The number of hydrogen-bond donors (Lipinski definition) is 0. The molecule has 2 aromatic heterocycles. The zero-order chi connectivity index (χ0) is 68.5. The fourth-order valence-corrected chi connectivity index (χ4v) is 15.9. The lowest BCUT2D eigenvalue weighted by atomic mass is 9.81. The highest BCUT2D eigenvalue weighted by Crippen LogP contribution is 2.53. The van der Waals surface area contributed by atoms with Crippen LogP contribution in [0.1, 0.15) is 25.0 Å². The number of anilines is 6. The summed E-state index contributed by atoms with van der Waals surface area (Å²) in [7, 11) is 0. The van der Waals surface area contributed by atoms with Crippen LogP contribution in [0.4, 0.5) is 34.1 Å². The van der Waals surface area contributed by atoms with Crippen LogP contribution >= 0.6 is 0 Å². The lowest BCUT2D eigenvalue weighted by Crippen LogP contribution is -2.16. The van der Waals surface area contributed by atoms with E-state index in [1.54, 1.807) is 0 Å². The highest BCUT2D eigenvalue weighted by molar-refractivity contribution is 6.09. The summed E-state index contributed by atoms with van der Waals surface area (Å²) < 4.78 is 13.0. The third kappa shape index (κ3) is 11.0. The smallest absolute Gasteiger partial charge is 0.136 e. The highest BCUT2D eigenvalue weighted by atomic mass is 16.3. The first-order chi connectivity index (χ1) is 50.8. The van der Waals surface area contributed by atoms with E-state index in [9.17, 15) is 0 Å². The third-order valence-electron chi connectivity index (χ3n) is 21.1. The highest BCUT2D eigenvalue weighted by Gasteiger charge is 2.37. The van der Waals surface area contributed by atoms with Gasteiger partial charge in [0.1, 0.15) is 22.3 Å². The van der Waals surface area contributed by atoms with Crippen LogP contribution in [-0.4, -0.2) is 0 Å². The first kappa shape index (κ1) is 60.9. The van der Waals surface area contributed by atoms with Crippen molar-refractivity contribution in [1.29, 1.82) is 0 Å². The molecule has 19 rings (SSSR count). The van der Waals surface area contributed by atoms with Crippen molar-refractivity contribution in [2.24, 2.45) is 0 Å². The maximum Gasteiger partial charge on any atom is 0.136 e. The van der Waals surface area contributed by atoms with E-state index in [2.05, 4.69) is 388 Å². The molecule has 0 fully saturated rings. The minimum atomic E-state index is -0.263. The summed E-state index contributed by atoms with van der Waals surface area (Å²) in [6.07, 6.45) is 0. The molecule has 0 aliphatic heterocycles. The number of hydrogen-bond acceptors (Lipinski definition) is 4. The van der Waals surface area contributed by atoms with E-state index >= 15 is 0 Å². The second kappa shape index (κ2) is 25.2. The molecule has 103 heavy (non-hydrogen) atoms. The summed E-state index contributed by atoms with van der Waals surface area (Å²) in [6.45, 7) is 4.76. The largest absolute Gasteiger partial charge is 0.456 e. The van der Waals surface area contributed by atoms with Crippen LogP contribution in [0.15, 0.2) is 385 Å². The Kier molecular flexibility index (Phi) is 14.9. The maximum absolute atomic E-state index is 6.63. The number of para-hydroxylation sites is 2. The first-order valence-corrected chi connectivity index (χ1v) is 35.4. The number of benzene rings is 16. The molecular weight excluding hydrogens is 1250 g/mol. The second-order valence-corrected chi connectivity index (χ2v) is 27.6. The van der Waals surface area contributed by atoms with Gasteiger partial charge in [-0.2, -0.15) is 0 Å². The molecule has 0 saturated heterocycles. The third-order valence-corrected chi connectivity index (χ3v) is 21.1. The Balaban J connectivity index is 0.637. The lowest BCUT2D eigenvalue weighted by molar-refractivity contribution is 0.660. The monoisotopic (exact) mass is 1320 g/mol. The number of nitrogens with zero attached hydrogens (tertiary/aromatic N) is 2. The first-order valence-electron chi connectivity index (χ1n) is 35.4. The van der Waals surface area contributed by atoms with Crippen molar-refractivity contribution in [2.75, 3.05) is 9.80 Å². The molecule has 1 aliphatic carbocycles. The number of fused-ring (bicyclic) bond motifs is 9. The fraction of sp³-hybridized carbons (Fsp3) is 0.0303.